The van der Waals surface area contributed by atoms with Gasteiger partial charge in [-0.1, -0.05) is 18.3 Å². The Morgan fingerprint density at radius 1 is 1.36 bits per heavy atom. The molecule has 1 fully saturated rings. The Morgan fingerprint density at radius 2 is 2.14 bits per heavy atom. The lowest BCUT2D eigenvalue weighted by Crippen LogP contribution is -2.39. The molecule has 22 heavy (non-hydrogen) atoms. The van der Waals surface area contributed by atoms with Crippen molar-refractivity contribution in [2.45, 2.75) is 32.1 Å². The van der Waals surface area contributed by atoms with Crippen molar-refractivity contribution >= 4 is 21.4 Å². The van der Waals surface area contributed by atoms with Crippen molar-refractivity contribution in [3.05, 3.63) is 23.4 Å². The zero-order chi connectivity index (χ0) is 15.6. The summed E-state index contributed by atoms with van der Waals surface area (Å²) in [6.45, 7) is 3.03. The van der Waals surface area contributed by atoms with Gasteiger partial charge in [0.25, 0.3) is 0 Å². The Bertz CT molecular complexity index is 702. The van der Waals surface area contributed by atoms with Gasteiger partial charge in [0.15, 0.2) is 10.8 Å². The predicted molar refractivity (Wildman–Crippen MR) is 85.2 cm³/mol. The molecule has 8 heteroatoms. The van der Waals surface area contributed by atoms with Gasteiger partial charge < -0.3 is 4.42 Å². The topological polar surface area (TPSA) is 76.3 Å². The van der Waals surface area contributed by atoms with Gasteiger partial charge in [0.1, 0.15) is 5.01 Å². The molecule has 0 bridgehead atoms. The first-order valence-corrected chi connectivity index (χ1v) is 9.88. The normalized spacial score (nSPS) is 17.9. The lowest BCUT2D eigenvalue weighted by molar-refractivity contribution is 0.318. The average molecular weight is 341 g/mol. The molecular weight excluding hydrogens is 322 g/mol. The third-order valence-corrected chi connectivity index (χ3v) is 7.01. The minimum atomic E-state index is -3.08. The summed E-state index contributed by atoms with van der Waals surface area (Å²) in [6.07, 6.45) is 3.88. The number of nitrogens with zero attached hydrogens (tertiary/aromatic N) is 3. The molecule has 0 saturated carbocycles. The van der Waals surface area contributed by atoms with Gasteiger partial charge in [0.2, 0.25) is 10.0 Å². The van der Waals surface area contributed by atoms with Crippen molar-refractivity contribution in [3.63, 3.8) is 0 Å². The number of aromatic nitrogens is 2. The number of sulfonamides is 1. The van der Waals surface area contributed by atoms with Crippen LogP contribution in [-0.4, -0.2) is 41.8 Å². The summed E-state index contributed by atoms with van der Waals surface area (Å²) in [4.78, 5) is 0. The molecule has 0 aliphatic carbocycles. The maximum Gasteiger partial charge on any atom is 0.214 e. The van der Waals surface area contributed by atoms with Gasteiger partial charge >= 0.3 is 0 Å². The highest BCUT2D eigenvalue weighted by molar-refractivity contribution is 7.89. The molecule has 2 aromatic heterocycles. The highest BCUT2D eigenvalue weighted by Crippen LogP contribution is 2.34. The number of furan rings is 1. The molecule has 1 saturated heterocycles. The molecule has 6 nitrogen and oxygen atoms in total. The third kappa shape index (κ3) is 3.23. The van der Waals surface area contributed by atoms with Crippen LogP contribution in [0.15, 0.2) is 22.8 Å². The maximum atomic E-state index is 12.1. The van der Waals surface area contributed by atoms with E-state index in [0.29, 0.717) is 19.5 Å². The fourth-order valence-electron chi connectivity index (χ4n) is 2.67. The standard InChI is InChI=1S/C14H19N3O3S2/c1-2-10-22(18,19)17-7-5-11(6-8-17)13-15-16-14(21-13)12-4-3-9-20-12/h3-4,9,11H,2,5-8,10H2,1H3. The van der Waals surface area contributed by atoms with Crippen LogP contribution in [0.4, 0.5) is 0 Å². The second kappa shape index (κ2) is 6.47. The van der Waals surface area contributed by atoms with Crippen molar-refractivity contribution in [1.82, 2.24) is 14.5 Å². The molecule has 3 heterocycles. The molecule has 0 unspecified atom stereocenters. The number of piperidine rings is 1. The fraction of sp³-hybridized carbons (Fsp3) is 0.571. The number of hydrogen-bond donors (Lipinski definition) is 0. The molecule has 0 spiro atoms. The molecule has 1 aliphatic heterocycles. The van der Waals surface area contributed by atoms with Crippen molar-refractivity contribution in [2.75, 3.05) is 18.8 Å². The summed E-state index contributed by atoms with van der Waals surface area (Å²) in [7, 11) is -3.08. The maximum absolute atomic E-state index is 12.1. The Morgan fingerprint density at radius 3 is 2.77 bits per heavy atom. The van der Waals surface area contributed by atoms with Gasteiger partial charge in [-0.2, -0.15) is 0 Å². The zero-order valence-electron chi connectivity index (χ0n) is 12.4. The summed E-state index contributed by atoms with van der Waals surface area (Å²) >= 11 is 1.53. The summed E-state index contributed by atoms with van der Waals surface area (Å²) < 4.78 is 31.1. The van der Waals surface area contributed by atoms with E-state index in [2.05, 4.69) is 10.2 Å². The Hall–Kier alpha value is -1.25. The summed E-state index contributed by atoms with van der Waals surface area (Å²) in [6, 6.07) is 3.69. The van der Waals surface area contributed by atoms with Crippen LogP contribution in [0.1, 0.15) is 37.1 Å². The number of hydrogen-bond acceptors (Lipinski definition) is 6. The molecule has 0 atom stereocenters. The first-order valence-electron chi connectivity index (χ1n) is 7.45. The molecule has 0 radical (unpaired) electrons. The second-order valence-electron chi connectivity index (χ2n) is 5.41. The molecule has 120 valence electrons. The molecular formula is C14H19N3O3S2. The van der Waals surface area contributed by atoms with E-state index in [4.69, 9.17) is 4.42 Å². The smallest absolute Gasteiger partial charge is 0.214 e. The lowest BCUT2D eigenvalue weighted by Gasteiger charge is -2.29. The lowest BCUT2D eigenvalue weighted by atomic mass is 9.99. The van der Waals surface area contributed by atoms with Gasteiger partial charge in [0.05, 0.1) is 12.0 Å². The van der Waals surface area contributed by atoms with Gasteiger partial charge in [-0.05, 0) is 31.4 Å². The van der Waals surface area contributed by atoms with E-state index in [1.807, 2.05) is 19.1 Å². The van der Waals surface area contributed by atoms with Crippen molar-refractivity contribution in [3.8, 4) is 10.8 Å². The molecule has 1 aliphatic rings. The molecule has 0 N–H and O–H groups in total. The van der Waals surface area contributed by atoms with E-state index >= 15 is 0 Å². The quantitative estimate of drug-likeness (QED) is 0.836. The first-order chi connectivity index (χ1) is 10.6. The Labute approximate surface area is 134 Å². The average Bonchev–Trinajstić information content (AvgIpc) is 3.18. The molecule has 3 rings (SSSR count). The Balaban J connectivity index is 1.65. The van der Waals surface area contributed by atoms with E-state index in [1.54, 1.807) is 10.6 Å². The largest absolute Gasteiger partial charge is 0.462 e. The van der Waals surface area contributed by atoms with Crippen LogP contribution in [0.2, 0.25) is 0 Å². The minimum absolute atomic E-state index is 0.235. The highest BCUT2D eigenvalue weighted by Gasteiger charge is 2.29. The molecule has 0 aromatic carbocycles. The van der Waals surface area contributed by atoms with Gasteiger partial charge in [-0.15, -0.1) is 10.2 Å². The van der Waals surface area contributed by atoms with Gasteiger partial charge in [-0.3, -0.25) is 0 Å². The SMILES string of the molecule is CCCS(=O)(=O)N1CCC(c2nnc(-c3ccco3)s2)CC1. The summed E-state index contributed by atoms with van der Waals surface area (Å²) in [5.74, 6) is 1.25. The summed E-state index contributed by atoms with van der Waals surface area (Å²) in [5, 5.41) is 10.2. The van der Waals surface area contributed by atoms with E-state index in [-0.39, 0.29) is 11.7 Å². The molecule has 2 aromatic rings. The van der Waals surface area contributed by atoms with E-state index in [0.717, 1.165) is 28.6 Å². The van der Waals surface area contributed by atoms with Gasteiger partial charge in [0, 0.05) is 19.0 Å². The third-order valence-electron chi connectivity index (χ3n) is 3.83. The zero-order valence-corrected chi connectivity index (χ0v) is 14.1. The second-order valence-corrected chi connectivity index (χ2v) is 8.51. The van der Waals surface area contributed by atoms with Crippen molar-refractivity contribution in [1.29, 1.82) is 0 Å². The van der Waals surface area contributed by atoms with E-state index in [1.165, 1.54) is 11.3 Å². The monoisotopic (exact) mass is 341 g/mol. The van der Waals surface area contributed by atoms with Crippen molar-refractivity contribution < 1.29 is 12.8 Å². The fourth-order valence-corrected chi connectivity index (χ4v) is 5.19. The van der Waals surface area contributed by atoms with Crippen LogP contribution in [0.25, 0.3) is 10.8 Å². The van der Waals surface area contributed by atoms with Crippen LogP contribution >= 0.6 is 11.3 Å². The van der Waals surface area contributed by atoms with E-state index < -0.39 is 10.0 Å². The summed E-state index contributed by atoms with van der Waals surface area (Å²) in [5.41, 5.74) is 0. The number of rotatable bonds is 5. The highest BCUT2D eigenvalue weighted by atomic mass is 32.2. The van der Waals surface area contributed by atoms with E-state index in [9.17, 15) is 8.42 Å². The first kappa shape index (κ1) is 15.6. The van der Waals surface area contributed by atoms with Crippen LogP contribution in [0.3, 0.4) is 0 Å². The predicted octanol–water partition coefficient (Wildman–Crippen LogP) is 2.72. The van der Waals surface area contributed by atoms with Crippen LogP contribution in [-0.2, 0) is 10.0 Å². The van der Waals surface area contributed by atoms with Gasteiger partial charge in [-0.25, -0.2) is 12.7 Å². The van der Waals surface area contributed by atoms with Crippen LogP contribution in [0.5, 0.6) is 0 Å². The Kier molecular flexibility index (Phi) is 4.60. The van der Waals surface area contributed by atoms with Crippen LogP contribution in [0, 0.1) is 0 Å². The molecule has 0 amide bonds. The van der Waals surface area contributed by atoms with Crippen molar-refractivity contribution in [2.24, 2.45) is 0 Å². The van der Waals surface area contributed by atoms with Crippen LogP contribution < -0.4 is 0 Å². The minimum Gasteiger partial charge on any atom is -0.462 e.